The molecule has 3 rings (SSSR count). The Labute approximate surface area is 105 Å². The van der Waals surface area contributed by atoms with Crippen LogP contribution < -0.4 is 10.4 Å². The lowest BCUT2D eigenvalue weighted by atomic mass is 10.0. The van der Waals surface area contributed by atoms with Crippen molar-refractivity contribution in [2.45, 2.75) is 0 Å². The number of benzene rings is 1. The average molecular weight is 235 g/mol. The Morgan fingerprint density at radius 3 is 2.67 bits per heavy atom. The van der Waals surface area contributed by atoms with Crippen LogP contribution in [0.2, 0.25) is 0 Å². The van der Waals surface area contributed by atoms with Gasteiger partial charge in [-0.3, -0.25) is 0 Å². The minimum Gasteiger partial charge on any atom is -0.567 e. The van der Waals surface area contributed by atoms with Crippen LogP contribution in [-0.2, 0) is 0 Å². The lowest BCUT2D eigenvalue weighted by Crippen LogP contribution is -1.94. The van der Waals surface area contributed by atoms with Crippen LogP contribution in [0.4, 0.5) is 5.69 Å². The zero-order chi connectivity index (χ0) is 12.5. The SMILES string of the molecule is [B]Oc1cc(-c2ccc(N)cc2)c2ccnn2c1. The van der Waals surface area contributed by atoms with Crippen LogP contribution in [0.15, 0.2) is 48.8 Å². The molecule has 0 saturated carbocycles. The van der Waals surface area contributed by atoms with E-state index in [1.54, 1.807) is 16.9 Å². The molecule has 0 unspecified atom stereocenters. The Kier molecular flexibility index (Phi) is 2.44. The number of hydrogen-bond donors (Lipinski definition) is 1. The van der Waals surface area contributed by atoms with Crippen molar-refractivity contribution < 1.29 is 4.65 Å². The van der Waals surface area contributed by atoms with E-state index >= 15 is 0 Å². The molecule has 1 aromatic carbocycles. The molecule has 0 atom stereocenters. The smallest absolute Gasteiger partial charge is 0.374 e. The highest BCUT2D eigenvalue weighted by molar-refractivity contribution is 6.00. The largest absolute Gasteiger partial charge is 0.567 e. The first-order valence-electron chi connectivity index (χ1n) is 5.48. The fourth-order valence-corrected chi connectivity index (χ4v) is 1.96. The molecule has 2 N–H and O–H groups in total. The molecule has 0 saturated heterocycles. The summed E-state index contributed by atoms with van der Waals surface area (Å²) in [4.78, 5) is 0. The van der Waals surface area contributed by atoms with Crippen molar-refractivity contribution in [3.8, 4) is 16.9 Å². The molecule has 0 aliphatic rings. The second-order valence-corrected chi connectivity index (χ2v) is 3.99. The summed E-state index contributed by atoms with van der Waals surface area (Å²) < 4.78 is 6.52. The predicted octanol–water partition coefficient (Wildman–Crippen LogP) is 2.05. The van der Waals surface area contributed by atoms with Crippen LogP contribution in [0.3, 0.4) is 0 Å². The number of pyridine rings is 1. The standard InChI is InChI=1S/C13H10BN3O/c14-18-11-7-12(9-1-3-10(15)4-2-9)13-5-6-16-17(13)8-11/h1-8H,15H2. The summed E-state index contributed by atoms with van der Waals surface area (Å²) >= 11 is 0. The third-order valence-corrected chi connectivity index (χ3v) is 2.84. The minimum absolute atomic E-state index is 0.554. The van der Waals surface area contributed by atoms with Crippen LogP contribution in [-0.4, -0.2) is 17.7 Å². The Balaban J connectivity index is 2.26. The second-order valence-electron chi connectivity index (χ2n) is 3.99. The maximum atomic E-state index is 5.69. The van der Waals surface area contributed by atoms with Gasteiger partial charge in [0.15, 0.2) is 0 Å². The quantitative estimate of drug-likeness (QED) is 0.546. The lowest BCUT2D eigenvalue weighted by Gasteiger charge is -2.08. The van der Waals surface area contributed by atoms with Crippen molar-refractivity contribution in [2.75, 3.05) is 5.73 Å². The molecule has 0 amide bonds. The highest BCUT2D eigenvalue weighted by atomic mass is 16.4. The normalized spacial score (nSPS) is 10.7. The van der Waals surface area contributed by atoms with E-state index in [-0.39, 0.29) is 0 Å². The molecule has 86 valence electrons. The first kappa shape index (κ1) is 10.7. The van der Waals surface area contributed by atoms with Crippen molar-refractivity contribution in [3.05, 3.63) is 48.8 Å². The van der Waals surface area contributed by atoms with Gasteiger partial charge in [-0.15, -0.1) is 0 Å². The number of anilines is 1. The van der Waals surface area contributed by atoms with Crippen LogP contribution in [0.25, 0.3) is 16.6 Å². The molecule has 2 aromatic heterocycles. The molecular weight excluding hydrogens is 225 g/mol. The fraction of sp³-hybridized carbons (Fsp3) is 0. The van der Waals surface area contributed by atoms with E-state index < -0.39 is 0 Å². The lowest BCUT2D eigenvalue weighted by molar-refractivity contribution is 0.608. The van der Waals surface area contributed by atoms with E-state index in [0.29, 0.717) is 5.75 Å². The molecule has 5 heteroatoms. The molecule has 0 aliphatic heterocycles. The van der Waals surface area contributed by atoms with Gasteiger partial charge in [-0.1, -0.05) is 12.1 Å². The van der Waals surface area contributed by atoms with Gasteiger partial charge < -0.3 is 10.4 Å². The Morgan fingerprint density at radius 1 is 1.17 bits per heavy atom. The van der Waals surface area contributed by atoms with Crippen molar-refractivity contribution in [1.29, 1.82) is 0 Å². The monoisotopic (exact) mass is 235 g/mol. The molecule has 4 nitrogen and oxygen atoms in total. The van der Waals surface area contributed by atoms with E-state index in [2.05, 4.69) is 5.10 Å². The third kappa shape index (κ3) is 1.70. The highest BCUT2D eigenvalue weighted by Crippen LogP contribution is 2.28. The topological polar surface area (TPSA) is 52.5 Å². The number of rotatable bonds is 2. The van der Waals surface area contributed by atoms with Crippen LogP contribution in [0.1, 0.15) is 0 Å². The molecule has 3 aromatic rings. The van der Waals surface area contributed by atoms with Crippen LogP contribution in [0.5, 0.6) is 5.75 Å². The third-order valence-electron chi connectivity index (χ3n) is 2.84. The molecular formula is C13H10BN3O. The van der Waals surface area contributed by atoms with Crippen LogP contribution >= 0.6 is 0 Å². The summed E-state index contributed by atoms with van der Waals surface area (Å²) in [6, 6.07) is 11.4. The summed E-state index contributed by atoms with van der Waals surface area (Å²) in [5, 5.41) is 4.19. The number of hydrogen-bond acceptors (Lipinski definition) is 3. The number of nitrogen functional groups attached to an aromatic ring is 1. The van der Waals surface area contributed by atoms with E-state index in [1.165, 1.54) is 0 Å². The zero-order valence-corrected chi connectivity index (χ0v) is 9.58. The van der Waals surface area contributed by atoms with Gasteiger partial charge >= 0.3 is 8.05 Å². The second kappa shape index (κ2) is 4.11. The van der Waals surface area contributed by atoms with E-state index in [1.807, 2.05) is 36.4 Å². The van der Waals surface area contributed by atoms with E-state index in [9.17, 15) is 0 Å². The number of nitrogens with zero attached hydrogens (tertiary/aromatic N) is 2. The predicted molar refractivity (Wildman–Crippen MR) is 71.4 cm³/mol. The first-order valence-corrected chi connectivity index (χ1v) is 5.48. The minimum atomic E-state index is 0.554. The van der Waals surface area contributed by atoms with Crippen LogP contribution in [0, 0.1) is 0 Å². The molecule has 0 spiro atoms. The van der Waals surface area contributed by atoms with Gasteiger partial charge in [-0.05, 0) is 29.8 Å². The number of aromatic nitrogens is 2. The maximum Gasteiger partial charge on any atom is 0.374 e. The van der Waals surface area contributed by atoms with Gasteiger partial charge in [-0.25, -0.2) is 4.52 Å². The highest BCUT2D eigenvalue weighted by Gasteiger charge is 2.07. The van der Waals surface area contributed by atoms with Gasteiger partial charge in [0.05, 0.1) is 17.9 Å². The average Bonchev–Trinajstić information content (AvgIpc) is 2.86. The van der Waals surface area contributed by atoms with Crippen molar-refractivity contribution in [1.82, 2.24) is 9.61 Å². The van der Waals surface area contributed by atoms with E-state index in [4.69, 9.17) is 18.4 Å². The fourth-order valence-electron chi connectivity index (χ4n) is 1.96. The Hall–Kier alpha value is -2.43. The summed E-state index contributed by atoms with van der Waals surface area (Å²) in [7, 11) is 5.22. The van der Waals surface area contributed by atoms with Gasteiger partial charge in [0.25, 0.3) is 0 Å². The summed E-state index contributed by atoms with van der Waals surface area (Å²) in [5.41, 5.74) is 9.44. The van der Waals surface area contributed by atoms with Gasteiger partial charge in [0.1, 0.15) is 5.75 Å². The number of nitrogens with two attached hydrogens (primary N) is 1. The molecule has 0 fully saturated rings. The summed E-state index contributed by atoms with van der Waals surface area (Å²) in [6.07, 6.45) is 3.46. The maximum absolute atomic E-state index is 5.69. The zero-order valence-electron chi connectivity index (χ0n) is 9.58. The van der Waals surface area contributed by atoms with Gasteiger partial charge in [-0.2, -0.15) is 5.10 Å². The molecule has 0 aliphatic carbocycles. The Morgan fingerprint density at radius 2 is 1.94 bits per heavy atom. The summed E-state index contributed by atoms with van der Waals surface area (Å²) in [6.45, 7) is 0. The molecule has 18 heavy (non-hydrogen) atoms. The van der Waals surface area contributed by atoms with Gasteiger partial charge in [0, 0.05) is 11.3 Å². The van der Waals surface area contributed by atoms with Crippen molar-refractivity contribution in [3.63, 3.8) is 0 Å². The molecule has 2 heterocycles. The van der Waals surface area contributed by atoms with Crippen molar-refractivity contribution in [2.24, 2.45) is 0 Å². The first-order chi connectivity index (χ1) is 8.78. The van der Waals surface area contributed by atoms with E-state index in [0.717, 1.165) is 22.3 Å². The summed E-state index contributed by atoms with van der Waals surface area (Å²) in [5.74, 6) is 0.554. The van der Waals surface area contributed by atoms with Crippen molar-refractivity contribution >= 4 is 19.3 Å². The Bertz CT molecular complexity index is 691. The number of fused-ring (bicyclic) bond motifs is 1. The molecule has 2 radical (unpaired) electrons. The molecule has 0 bridgehead atoms. The van der Waals surface area contributed by atoms with Gasteiger partial charge in [0.2, 0.25) is 0 Å².